The average molecular weight is 171 g/mol. The van der Waals surface area contributed by atoms with Crippen LogP contribution in [0.1, 0.15) is 19.8 Å². The lowest BCUT2D eigenvalue weighted by molar-refractivity contribution is -0.147. The highest BCUT2D eigenvalue weighted by Crippen LogP contribution is 2.16. The van der Waals surface area contributed by atoms with Crippen molar-refractivity contribution in [2.24, 2.45) is 5.92 Å². The van der Waals surface area contributed by atoms with E-state index < -0.39 is 5.97 Å². The maximum absolute atomic E-state index is 11.3. The number of hydrogen-bond acceptors (Lipinski definition) is 2. The van der Waals surface area contributed by atoms with Crippen LogP contribution in [0.4, 0.5) is 0 Å². The van der Waals surface area contributed by atoms with Crippen LogP contribution in [0, 0.1) is 5.92 Å². The number of nitrogens with zero attached hydrogens (tertiary/aromatic N) is 1. The van der Waals surface area contributed by atoms with Gasteiger partial charge in [-0.1, -0.05) is 6.92 Å². The number of aliphatic carboxylic acids is 1. The average Bonchev–Trinajstić information content (AvgIpc) is 1.98. The SMILES string of the molecule is C[C@H]1CCCN(CC(=O)O)C1=O. The van der Waals surface area contributed by atoms with Crippen molar-refractivity contribution in [3.63, 3.8) is 0 Å². The summed E-state index contributed by atoms with van der Waals surface area (Å²) in [6, 6.07) is 0. The van der Waals surface area contributed by atoms with Gasteiger partial charge < -0.3 is 10.0 Å². The third-order valence-electron chi connectivity index (χ3n) is 2.12. The summed E-state index contributed by atoms with van der Waals surface area (Å²) in [5, 5.41) is 8.48. The summed E-state index contributed by atoms with van der Waals surface area (Å²) >= 11 is 0. The third-order valence-corrected chi connectivity index (χ3v) is 2.12. The molecule has 1 atom stereocenters. The lowest BCUT2D eigenvalue weighted by Crippen LogP contribution is -2.42. The molecule has 0 spiro atoms. The predicted molar refractivity (Wildman–Crippen MR) is 42.6 cm³/mol. The van der Waals surface area contributed by atoms with Crippen LogP contribution in [0.3, 0.4) is 0 Å². The highest BCUT2D eigenvalue weighted by Gasteiger charge is 2.25. The molecule has 4 heteroatoms. The molecule has 12 heavy (non-hydrogen) atoms. The monoisotopic (exact) mass is 171 g/mol. The minimum absolute atomic E-state index is 0.00176. The molecule has 0 aliphatic carbocycles. The van der Waals surface area contributed by atoms with Gasteiger partial charge in [-0.15, -0.1) is 0 Å². The molecule has 1 aliphatic rings. The molecular formula is C8H13NO3. The van der Waals surface area contributed by atoms with E-state index in [1.807, 2.05) is 6.92 Å². The van der Waals surface area contributed by atoms with E-state index in [2.05, 4.69) is 0 Å². The first kappa shape index (κ1) is 9.03. The number of carboxylic acid groups (broad SMARTS) is 1. The van der Waals surface area contributed by atoms with E-state index in [-0.39, 0.29) is 18.4 Å². The van der Waals surface area contributed by atoms with Crippen molar-refractivity contribution in [1.29, 1.82) is 0 Å². The normalized spacial score (nSPS) is 24.2. The molecule has 68 valence electrons. The Kier molecular flexibility index (Phi) is 2.68. The summed E-state index contributed by atoms with van der Waals surface area (Å²) < 4.78 is 0. The minimum atomic E-state index is -0.933. The first-order valence-corrected chi connectivity index (χ1v) is 4.12. The first-order valence-electron chi connectivity index (χ1n) is 4.12. The van der Waals surface area contributed by atoms with Gasteiger partial charge >= 0.3 is 5.97 Å². The summed E-state index contributed by atoms with van der Waals surface area (Å²) in [6.45, 7) is 2.29. The second-order valence-corrected chi connectivity index (χ2v) is 3.20. The number of hydrogen-bond donors (Lipinski definition) is 1. The van der Waals surface area contributed by atoms with Gasteiger partial charge in [0.2, 0.25) is 5.91 Å². The van der Waals surface area contributed by atoms with E-state index in [9.17, 15) is 9.59 Å². The zero-order valence-electron chi connectivity index (χ0n) is 7.12. The smallest absolute Gasteiger partial charge is 0.323 e. The van der Waals surface area contributed by atoms with Gasteiger partial charge in [-0.05, 0) is 12.8 Å². The number of rotatable bonds is 2. The molecular weight excluding hydrogens is 158 g/mol. The second kappa shape index (κ2) is 3.56. The summed E-state index contributed by atoms with van der Waals surface area (Å²) in [7, 11) is 0. The van der Waals surface area contributed by atoms with Gasteiger partial charge in [0, 0.05) is 12.5 Å². The Labute approximate surface area is 71.2 Å². The van der Waals surface area contributed by atoms with Gasteiger partial charge in [0.15, 0.2) is 0 Å². The summed E-state index contributed by atoms with van der Waals surface area (Å²) in [5.41, 5.74) is 0. The quantitative estimate of drug-likeness (QED) is 0.651. The number of amides is 1. The van der Waals surface area contributed by atoms with Gasteiger partial charge in [0.25, 0.3) is 0 Å². The molecule has 1 fully saturated rings. The van der Waals surface area contributed by atoms with Gasteiger partial charge in [-0.2, -0.15) is 0 Å². The van der Waals surface area contributed by atoms with Crippen LogP contribution >= 0.6 is 0 Å². The van der Waals surface area contributed by atoms with E-state index in [4.69, 9.17) is 5.11 Å². The standard InChI is InChI=1S/C8H13NO3/c1-6-3-2-4-9(8(6)12)5-7(10)11/h6H,2-5H2,1H3,(H,10,11)/t6-/m0/s1. The van der Waals surface area contributed by atoms with Crippen LogP contribution in [-0.2, 0) is 9.59 Å². The van der Waals surface area contributed by atoms with Gasteiger partial charge in [-0.3, -0.25) is 9.59 Å². The van der Waals surface area contributed by atoms with Crippen LogP contribution in [-0.4, -0.2) is 35.0 Å². The summed E-state index contributed by atoms with van der Waals surface area (Å²) in [4.78, 5) is 23.1. The predicted octanol–water partition coefficient (Wildman–Crippen LogP) is 0.330. The van der Waals surface area contributed by atoms with Crippen LogP contribution in [0.5, 0.6) is 0 Å². The number of carboxylic acids is 1. The molecule has 0 aromatic heterocycles. The molecule has 0 radical (unpaired) electrons. The van der Waals surface area contributed by atoms with Crippen molar-refractivity contribution >= 4 is 11.9 Å². The topological polar surface area (TPSA) is 57.6 Å². The fraction of sp³-hybridized carbons (Fsp3) is 0.750. The van der Waals surface area contributed by atoms with Crippen molar-refractivity contribution in [2.45, 2.75) is 19.8 Å². The number of carbonyl (C=O) groups is 2. The van der Waals surface area contributed by atoms with Crippen LogP contribution in [0.25, 0.3) is 0 Å². The van der Waals surface area contributed by atoms with E-state index in [0.29, 0.717) is 6.54 Å². The molecule has 0 saturated carbocycles. The van der Waals surface area contributed by atoms with Gasteiger partial charge in [0.05, 0.1) is 0 Å². The Hall–Kier alpha value is -1.06. The lowest BCUT2D eigenvalue weighted by atomic mass is 9.99. The Bertz CT molecular complexity index is 202. The van der Waals surface area contributed by atoms with E-state index in [1.165, 1.54) is 4.90 Å². The lowest BCUT2D eigenvalue weighted by Gasteiger charge is -2.28. The number of piperidine rings is 1. The fourth-order valence-corrected chi connectivity index (χ4v) is 1.45. The second-order valence-electron chi connectivity index (χ2n) is 3.20. The van der Waals surface area contributed by atoms with Crippen molar-refractivity contribution in [3.8, 4) is 0 Å². The molecule has 1 amide bonds. The van der Waals surface area contributed by atoms with Crippen LogP contribution in [0.2, 0.25) is 0 Å². The zero-order chi connectivity index (χ0) is 9.14. The van der Waals surface area contributed by atoms with E-state index >= 15 is 0 Å². The van der Waals surface area contributed by atoms with Crippen molar-refractivity contribution in [3.05, 3.63) is 0 Å². The summed E-state index contributed by atoms with van der Waals surface area (Å²) in [5.74, 6) is -0.959. The molecule has 0 aromatic rings. The largest absolute Gasteiger partial charge is 0.480 e. The van der Waals surface area contributed by atoms with Crippen LogP contribution < -0.4 is 0 Å². The first-order chi connectivity index (χ1) is 5.61. The molecule has 1 saturated heterocycles. The number of likely N-dealkylation sites (tertiary alicyclic amines) is 1. The van der Waals surface area contributed by atoms with Crippen molar-refractivity contribution < 1.29 is 14.7 Å². The van der Waals surface area contributed by atoms with Gasteiger partial charge in [0.1, 0.15) is 6.54 Å². The molecule has 1 rings (SSSR count). The third kappa shape index (κ3) is 1.96. The van der Waals surface area contributed by atoms with Crippen molar-refractivity contribution in [2.75, 3.05) is 13.1 Å². The van der Waals surface area contributed by atoms with Crippen molar-refractivity contribution in [1.82, 2.24) is 4.90 Å². The van der Waals surface area contributed by atoms with E-state index in [0.717, 1.165) is 12.8 Å². The highest BCUT2D eigenvalue weighted by atomic mass is 16.4. The Morgan fingerprint density at radius 3 is 3.00 bits per heavy atom. The molecule has 0 aromatic carbocycles. The molecule has 4 nitrogen and oxygen atoms in total. The maximum Gasteiger partial charge on any atom is 0.323 e. The molecule has 0 unspecified atom stereocenters. The van der Waals surface area contributed by atoms with Gasteiger partial charge in [-0.25, -0.2) is 0 Å². The Morgan fingerprint density at radius 2 is 2.42 bits per heavy atom. The number of carbonyl (C=O) groups excluding carboxylic acids is 1. The minimum Gasteiger partial charge on any atom is -0.480 e. The summed E-state index contributed by atoms with van der Waals surface area (Å²) in [6.07, 6.45) is 1.80. The molecule has 0 bridgehead atoms. The Balaban J connectivity index is 2.52. The maximum atomic E-state index is 11.3. The molecule has 1 aliphatic heterocycles. The fourth-order valence-electron chi connectivity index (χ4n) is 1.45. The Morgan fingerprint density at radius 1 is 1.75 bits per heavy atom. The molecule has 1 N–H and O–H groups in total. The van der Waals surface area contributed by atoms with Crippen LogP contribution in [0.15, 0.2) is 0 Å². The molecule has 1 heterocycles. The zero-order valence-corrected chi connectivity index (χ0v) is 7.12. The van der Waals surface area contributed by atoms with E-state index in [1.54, 1.807) is 0 Å². The highest BCUT2D eigenvalue weighted by molar-refractivity contribution is 5.83.